The van der Waals surface area contributed by atoms with Gasteiger partial charge in [-0.2, -0.15) is 5.10 Å². The zero-order chi connectivity index (χ0) is 13.3. The van der Waals surface area contributed by atoms with Crippen LogP contribution in [0.15, 0.2) is 6.07 Å². The highest BCUT2D eigenvalue weighted by Crippen LogP contribution is 2.21. The smallest absolute Gasteiger partial charge is 0.303 e. The number of carboxylic acid groups (broad SMARTS) is 1. The van der Waals surface area contributed by atoms with Crippen molar-refractivity contribution in [3.05, 3.63) is 17.5 Å². The van der Waals surface area contributed by atoms with Crippen LogP contribution in [0.2, 0.25) is 0 Å². The highest BCUT2D eigenvalue weighted by molar-refractivity contribution is 5.93. The van der Waals surface area contributed by atoms with Crippen LogP contribution in [0.3, 0.4) is 0 Å². The molecule has 1 aromatic heterocycles. The second-order valence-electron chi connectivity index (χ2n) is 4.67. The highest BCUT2D eigenvalue weighted by Gasteiger charge is 2.33. The molecule has 98 valence electrons. The molecule has 0 unspecified atom stereocenters. The van der Waals surface area contributed by atoms with Crippen LogP contribution in [-0.4, -0.2) is 44.8 Å². The van der Waals surface area contributed by atoms with Crippen molar-refractivity contribution in [3.8, 4) is 0 Å². The zero-order valence-electron chi connectivity index (χ0n) is 10.6. The molecule has 2 heterocycles. The van der Waals surface area contributed by atoms with E-state index in [9.17, 15) is 9.59 Å². The van der Waals surface area contributed by atoms with Gasteiger partial charge < -0.3 is 10.0 Å². The van der Waals surface area contributed by atoms with E-state index in [1.165, 1.54) is 0 Å². The Bertz CT molecular complexity index is 475. The van der Waals surface area contributed by atoms with Crippen LogP contribution in [-0.2, 0) is 18.3 Å². The van der Waals surface area contributed by atoms with Crippen LogP contribution >= 0.6 is 0 Å². The van der Waals surface area contributed by atoms with E-state index < -0.39 is 5.97 Å². The number of rotatable bonds is 4. The van der Waals surface area contributed by atoms with Crippen molar-refractivity contribution >= 4 is 11.9 Å². The molecule has 1 aromatic rings. The monoisotopic (exact) mass is 251 g/mol. The Labute approximate surface area is 105 Å². The van der Waals surface area contributed by atoms with Gasteiger partial charge in [-0.1, -0.05) is 6.92 Å². The first-order chi connectivity index (χ1) is 8.51. The average Bonchev–Trinajstić information content (AvgIpc) is 2.63. The van der Waals surface area contributed by atoms with Crippen molar-refractivity contribution in [3.63, 3.8) is 0 Å². The number of aromatic nitrogens is 2. The number of aliphatic carboxylic acids is 1. The summed E-state index contributed by atoms with van der Waals surface area (Å²) in [6.45, 7) is 3.04. The second-order valence-corrected chi connectivity index (χ2v) is 4.67. The van der Waals surface area contributed by atoms with Crippen molar-refractivity contribution in [2.24, 2.45) is 13.0 Å². The highest BCUT2D eigenvalue weighted by atomic mass is 16.4. The van der Waals surface area contributed by atoms with Crippen LogP contribution in [0.1, 0.15) is 29.5 Å². The predicted octanol–water partition coefficient (Wildman–Crippen LogP) is 0.529. The number of carbonyl (C=O) groups excluding carboxylic acids is 1. The summed E-state index contributed by atoms with van der Waals surface area (Å²) in [6.07, 6.45) is 0.929. The lowest BCUT2D eigenvalue weighted by molar-refractivity contribution is -0.139. The Morgan fingerprint density at radius 1 is 1.50 bits per heavy atom. The topological polar surface area (TPSA) is 75.4 Å². The van der Waals surface area contributed by atoms with Gasteiger partial charge in [0, 0.05) is 26.1 Å². The number of hydrogen-bond donors (Lipinski definition) is 1. The van der Waals surface area contributed by atoms with Gasteiger partial charge in [0.25, 0.3) is 5.91 Å². The number of likely N-dealkylation sites (tertiary alicyclic amines) is 1. The third kappa shape index (κ3) is 2.37. The molecule has 0 aromatic carbocycles. The van der Waals surface area contributed by atoms with E-state index >= 15 is 0 Å². The van der Waals surface area contributed by atoms with Gasteiger partial charge in [0.1, 0.15) is 5.69 Å². The lowest BCUT2D eigenvalue weighted by Crippen LogP contribution is -2.51. The Kier molecular flexibility index (Phi) is 3.36. The number of carboxylic acids is 1. The molecule has 1 fully saturated rings. The van der Waals surface area contributed by atoms with E-state index in [0.29, 0.717) is 18.8 Å². The molecule has 1 amide bonds. The van der Waals surface area contributed by atoms with Gasteiger partial charge in [0.05, 0.1) is 12.1 Å². The van der Waals surface area contributed by atoms with Gasteiger partial charge >= 0.3 is 5.97 Å². The van der Waals surface area contributed by atoms with Crippen LogP contribution in [0.25, 0.3) is 0 Å². The van der Waals surface area contributed by atoms with Gasteiger partial charge in [0.2, 0.25) is 0 Å². The van der Waals surface area contributed by atoms with Crippen LogP contribution < -0.4 is 0 Å². The second kappa shape index (κ2) is 4.80. The fourth-order valence-corrected chi connectivity index (χ4v) is 2.17. The van der Waals surface area contributed by atoms with Gasteiger partial charge in [-0.3, -0.25) is 14.3 Å². The molecule has 0 bridgehead atoms. The molecular formula is C12H17N3O3. The molecule has 18 heavy (non-hydrogen) atoms. The number of aryl methyl sites for hydroxylation is 2. The van der Waals surface area contributed by atoms with Crippen LogP contribution in [0.4, 0.5) is 0 Å². The molecular weight excluding hydrogens is 234 g/mol. The molecule has 0 radical (unpaired) electrons. The first kappa shape index (κ1) is 12.6. The molecule has 0 saturated carbocycles. The molecule has 6 heteroatoms. The SMILES string of the molecule is CCc1cc(C(=O)N2CC(CC(=O)O)C2)n(C)n1. The summed E-state index contributed by atoms with van der Waals surface area (Å²) in [6, 6.07) is 1.80. The standard InChI is InChI=1S/C12H17N3O3/c1-3-9-5-10(14(2)13-9)12(18)15-6-8(7-15)4-11(16)17/h5,8H,3-4,6-7H2,1-2H3,(H,16,17). The maximum absolute atomic E-state index is 12.1. The summed E-state index contributed by atoms with van der Waals surface area (Å²) in [5.41, 5.74) is 1.46. The summed E-state index contributed by atoms with van der Waals surface area (Å²) >= 11 is 0. The molecule has 1 N–H and O–H groups in total. The van der Waals surface area contributed by atoms with Crippen LogP contribution in [0.5, 0.6) is 0 Å². The molecule has 0 aliphatic carbocycles. The predicted molar refractivity (Wildman–Crippen MR) is 64.2 cm³/mol. The first-order valence-corrected chi connectivity index (χ1v) is 6.05. The third-order valence-corrected chi connectivity index (χ3v) is 3.22. The summed E-state index contributed by atoms with van der Waals surface area (Å²) < 4.78 is 1.59. The minimum absolute atomic E-state index is 0.0636. The van der Waals surface area contributed by atoms with Gasteiger partial charge in [-0.15, -0.1) is 0 Å². The first-order valence-electron chi connectivity index (χ1n) is 6.05. The third-order valence-electron chi connectivity index (χ3n) is 3.22. The van der Waals surface area contributed by atoms with E-state index in [1.807, 2.05) is 6.92 Å². The summed E-state index contributed by atoms with van der Waals surface area (Å²) in [5.74, 6) is -0.780. The van der Waals surface area contributed by atoms with Crippen molar-refractivity contribution in [2.75, 3.05) is 13.1 Å². The molecule has 6 nitrogen and oxygen atoms in total. The van der Waals surface area contributed by atoms with Crippen molar-refractivity contribution in [2.45, 2.75) is 19.8 Å². The molecule has 1 saturated heterocycles. The minimum atomic E-state index is -0.805. The lowest BCUT2D eigenvalue weighted by Gasteiger charge is -2.38. The van der Waals surface area contributed by atoms with Crippen molar-refractivity contribution in [1.82, 2.24) is 14.7 Å². The number of nitrogens with zero attached hydrogens (tertiary/aromatic N) is 3. The maximum Gasteiger partial charge on any atom is 0.303 e. The minimum Gasteiger partial charge on any atom is -0.481 e. The van der Waals surface area contributed by atoms with Gasteiger partial charge in [0.15, 0.2) is 0 Å². The number of carbonyl (C=O) groups is 2. The van der Waals surface area contributed by atoms with E-state index in [1.54, 1.807) is 22.7 Å². The Balaban J connectivity index is 1.97. The Hall–Kier alpha value is -1.85. The van der Waals surface area contributed by atoms with Crippen LogP contribution in [0, 0.1) is 5.92 Å². The maximum atomic E-state index is 12.1. The summed E-state index contributed by atoms with van der Waals surface area (Å²) in [7, 11) is 1.75. The summed E-state index contributed by atoms with van der Waals surface area (Å²) in [4.78, 5) is 24.3. The molecule has 1 aliphatic heterocycles. The molecule has 1 aliphatic rings. The Morgan fingerprint density at radius 3 is 2.67 bits per heavy atom. The lowest BCUT2D eigenvalue weighted by atomic mass is 9.96. The summed E-state index contributed by atoms with van der Waals surface area (Å²) in [5, 5.41) is 12.9. The number of hydrogen-bond acceptors (Lipinski definition) is 3. The normalized spacial score (nSPS) is 15.6. The largest absolute Gasteiger partial charge is 0.481 e. The molecule has 0 spiro atoms. The van der Waals surface area contributed by atoms with E-state index in [2.05, 4.69) is 5.10 Å². The average molecular weight is 251 g/mol. The van der Waals surface area contributed by atoms with Crippen molar-refractivity contribution in [1.29, 1.82) is 0 Å². The van der Waals surface area contributed by atoms with E-state index in [4.69, 9.17) is 5.11 Å². The fraction of sp³-hybridized carbons (Fsp3) is 0.583. The Morgan fingerprint density at radius 2 is 2.17 bits per heavy atom. The molecule has 2 rings (SSSR count). The fourth-order valence-electron chi connectivity index (χ4n) is 2.17. The molecule has 0 atom stereocenters. The van der Waals surface area contributed by atoms with Crippen molar-refractivity contribution < 1.29 is 14.7 Å². The number of amides is 1. The quantitative estimate of drug-likeness (QED) is 0.847. The zero-order valence-corrected chi connectivity index (χ0v) is 10.6. The van der Waals surface area contributed by atoms with Gasteiger partial charge in [-0.05, 0) is 12.5 Å². The van der Waals surface area contributed by atoms with Gasteiger partial charge in [-0.25, -0.2) is 0 Å². The van der Waals surface area contributed by atoms with E-state index in [-0.39, 0.29) is 18.2 Å². The van der Waals surface area contributed by atoms with E-state index in [0.717, 1.165) is 12.1 Å².